The molecule has 0 spiro atoms. The molecule has 1 aliphatic heterocycles. The van der Waals surface area contributed by atoms with Crippen molar-refractivity contribution in [1.29, 1.82) is 0 Å². The SMILES string of the molecule is O=C(NCc1ccc(S(=O)(=O)N2CCCCC2)cc1)c1ccc(Br)c([N+](=O)[O-])c1. The second kappa shape index (κ2) is 9.02. The van der Waals surface area contributed by atoms with E-state index < -0.39 is 20.9 Å². The van der Waals surface area contributed by atoms with Crippen molar-refractivity contribution in [3.63, 3.8) is 0 Å². The fourth-order valence-electron chi connectivity index (χ4n) is 3.11. The number of piperidine rings is 1. The van der Waals surface area contributed by atoms with Gasteiger partial charge in [0, 0.05) is 31.3 Å². The molecule has 8 nitrogen and oxygen atoms in total. The van der Waals surface area contributed by atoms with Crippen LogP contribution in [-0.4, -0.2) is 36.6 Å². The Hall–Kier alpha value is -2.30. The van der Waals surface area contributed by atoms with Crippen LogP contribution in [0.5, 0.6) is 0 Å². The first-order chi connectivity index (χ1) is 13.8. The van der Waals surface area contributed by atoms with Crippen molar-refractivity contribution < 1.29 is 18.1 Å². The zero-order valence-electron chi connectivity index (χ0n) is 15.5. The predicted molar refractivity (Wildman–Crippen MR) is 111 cm³/mol. The normalized spacial score (nSPS) is 15.1. The number of hydrogen-bond acceptors (Lipinski definition) is 5. The van der Waals surface area contributed by atoms with E-state index in [0.717, 1.165) is 24.8 Å². The topological polar surface area (TPSA) is 110 Å². The number of sulfonamides is 1. The Balaban J connectivity index is 1.65. The summed E-state index contributed by atoms with van der Waals surface area (Å²) in [6, 6.07) is 10.5. The molecule has 2 aromatic carbocycles. The maximum absolute atomic E-state index is 12.7. The van der Waals surface area contributed by atoms with Gasteiger partial charge in [0.05, 0.1) is 14.3 Å². The highest BCUT2D eigenvalue weighted by atomic mass is 79.9. The lowest BCUT2D eigenvalue weighted by Crippen LogP contribution is -2.35. The van der Waals surface area contributed by atoms with Gasteiger partial charge in [-0.05, 0) is 58.6 Å². The molecule has 0 unspecified atom stereocenters. The molecule has 1 amide bonds. The number of halogens is 1. The lowest BCUT2D eigenvalue weighted by molar-refractivity contribution is -0.385. The van der Waals surface area contributed by atoms with E-state index in [9.17, 15) is 23.3 Å². The third-order valence-corrected chi connectivity index (χ3v) is 7.32. The average molecular weight is 482 g/mol. The zero-order chi connectivity index (χ0) is 21.0. The number of nitrogens with one attached hydrogen (secondary N) is 1. The lowest BCUT2D eigenvalue weighted by Gasteiger charge is -2.25. The van der Waals surface area contributed by atoms with Crippen LogP contribution in [0.25, 0.3) is 0 Å². The molecule has 0 bridgehead atoms. The van der Waals surface area contributed by atoms with Gasteiger partial charge in [0.1, 0.15) is 0 Å². The first-order valence-electron chi connectivity index (χ1n) is 9.10. The van der Waals surface area contributed by atoms with Crippen LogP contribution in [0.3, 0.4) is 0 Å². The Morgan fingerprint density at radius 3 is 2.38 bits per heavy atom. The summed E-state index contributed by atoms with van der Waals surface area (Å²) in [5.41, 5.74) is 0.705. The first-order valence-corrected chi connectivity index (χ1v) is 11.3. The van der Waals surface area contributed by atoms with Gasteiger partial charge in [0.2, 0.25) is 10.0 Å². The molecule has 10 heteroatoms. The summed E-state index contributed by atoms with van der Waals surface area (Å²) in [6.45, 7) is 1.26. The third kappa shape index (κ3) is 5.01. The second-order valence-electron chi connectivity index (χ2n) is 6.71. The molecule has 3 rings (SSSR count). The molecule has 154 valence electrons. The number of benzene rings is 2. The van der Waals surface area contributed by atoms with Gasteiger partial charge >= 0.3 is 0 Å². The van der Waals surface area contributed by atoms with Crippen LogP contribution in [0.1, 0.15) is 35.2 Å². The van der Waals surface area contributed by atoms with Gasteiger partial charge in [-0.25, -0.2) is 8.42 Å². The van der Waals surface area contributed by atoms with Crippen LogP contribution >= 0.6 is 15.9 Å². The van der Waals surface area contributed by atoms with Gasteiger partial charge in [-0.3, -0.25) is 14.9 Å². The lowest BCUT2D eigenvalue weighted by atomic mass is 10.1. The Morgan fingerprint density at radius 2 is 1.76 bits per heavy atom. The standard InChI is InChI=1S/C19H20BrN3O5S/c20-17-9-6-15(12-18(17)23(25)26)19(24)21-13-14-4-7-16(8-5-14)29(27,28)22-10-2-1-3-11-22/h4-9,12H,1-3,10-11,13H2,(H,21,24). The van der Waals surface area contributed by atoms with Crippen molar-refractivity contribution in [2.45, 2.75) is 30.7 Å². The number of hydrogen-bond donors (Lipinski definition) is 1. The summed E-state index contributed by atoms with van der Waals surface area (Å²) in [5.74, 6) is -0.453. The number of carbonyl (C=O) groups excluding carboxylic acids is 1. The highest BCUT2D eigenvalue weighted by molar-refractivity contribution is 9.10. The summed E-state index contributed by atoms with van der Waals surface area (Å²) in [7, 11) is -3.49. The van der Waals surface area contributed by atoms with E-state index in [4.69, 9.17) is 0 Å². The van der Waals surface area contributed by atoms with Crippen LogP contribution in [0.15, 0.2) is 51.8 Å². The highest BCUT2D eigenvalue weighted by Gasteiger charge is 2.25. The van der Waals surface area contributed by atoms with E-state index in [-0.39, 0.29) is 22.7 Å². The molecule has 29 heavy (non-hydrogen) atoms. The van der Waals surface area contributed by atoms with Gasteiger partial charge in [-0.15, -0.1) is 0 Å². The maximum Gasteiger partial charge on any atom is 0.284 e. The number of rotatable bonds is 6. The Labute approximate surface area is 177 Å². The molecule has 2 aromatic rings. The van der Waals surface area contributed by atoms with Gasteiger partial charge in [-0.2, -0.15) is 4.31 Å². The summed E-state index contributed by atoms with van der Waals surface area (Å²) >= 11 is 3.08. The predicted octanol–water partition coefficient (Wildman–Crippen LogP) is 3.46. The Morgan fingerprint density at radius 1 is 1.10 bits per heavy atom. The van der Waals surface area contributed by atoms with E-state index in [1.807, 2.05) is 0 Å². The average Bonchev–Trinajstić information content (AvgIpc) is 2.73. The monoisotopic (exact) mass is 481 g/mol. The van der Waals surface area contributed by atoms with Crippen LogP contribution in [-0.2, 0) is 16.6 Å². The molecule has 1 N–H and O–H groups in total. The molecule has 1 heterocycles. The molecule has 1 fully saturated rings. The summed E-state index contributed by atoms with van der Waals surface area (Å²) in [6.07, 6.45) is 2.79. The number of amides is 1. The van der Waals surface area contributed by atoms with Crippen molar-refractivity contribution in [3.8, 4) is 0 Å². The molecule has 0 atom stereocenters. The van der Waals surface area contributed by atoms with E-state index in [1.54, 1.807) is 12.1 Å². The minimum Gasteiger partial charge on any atom is -0.348 e. The molecular formula is C19H20BrN3O5S. The smallest absolute Gasteiger partial charge is 0.284 e. The Bertz CT molecular complexity index is 1020. The number of carbonyl (C=O) groups is 1. The van der Waals surface area contributed by atoms with Gasteiger partial charge in [0.25, 0.3) is 11.6 Å². The fraction of sp³-hybridized carbons (Fsp3) is 0.316. The fourth-order valence-corrected chi connectivity index (χ4v) is 5.02. The van der Waals surface area contributed by atoms with Crippen molar-refractivity contribution in [3.05, 3.63) is 68.2 Å². The van der Waals surface area contributed by atoms with Crippen LogP contribution in [0, 0.1) is 10.1 Å². The molecule has 0 radical (unpaired) electrons. The minimum absolute atomic E-state index is 0.171. The van der Waals surface area contributed by atoms with Gasteiger partial charge < -0.3 is 5.32 Å². The van der Waals surface area contributed by atoms with Crippen LogP contribution < -0.4 is 5.32 Å². The molecule has 0 saturated carbocycles. The second-order valence-corrected chi connectivity index (χ2v) is 9.51. The molecule has 1 aliphatic rings. The molecule has 1 saturated heterocycles. The number of nitrogens with zero attached hydrogens (tertiary/aromatic N) is 2. The number of nitro benzene ring substituents is 1. The molecule has 0 aliphatic carbocycles. The van der Waals surface area contributed by atoms with Crippen LogP contribution in [0.4, 0.5) is 5.69 Å². The summed E-state index contributed by atoms with van der Waals surface area (Å²) in [4.78, 5) is 22.9. The van der Waals surface area contributed by atoms with Crippen molar-refractivity contribution in [2.75, 3.05) is 13.1 Å². The largest absolute Gasteiger partial charge is 0.348 e. The van der Waals surface area contributed by atoms with Gasteiger partial charge in [-0.1, -0.05) is 18.6 Å². The van der Waals surface area contributed by atoms with Crippen molar-refractivity contribution in [1.82, 2.24) is 9.62 Å². The minimum atomic E-state index is -3.49. The van der Waals surface area contributed by atoms with Crippen LogP contribution in [0.2, 0.25) is 0 Å². The molecule has 0 aromatic heterocycles. The van der Waals surface area contributed by atoms with Gasteiger partial charge in [0.15, 0.2) is 0 Å². The molecular weight excluding hydrogens is 462 g/mol. The maximum atomic E-state index is 12.7. The highest BCUT2D eigenvalue weighted by Crippen LogP contribution is 2.25. The van der Waals surface area contributed by atoms with E-state index in [1.165, 1.54) is 34.6 Å². The summed E-state index contributed by atoms with van der Waals surface area (Å²) in [5, 5.41) is 13.7. The number of nitro groups is 1. The summed E-state index contributed by atoms with van der Waals surface area (Å²) < 4.78 is 27.1. The third-order valence-electron chi connectivity index (χ3n) is 4.73. The zero-order valence-corrected chi connectivity index (χ0v) is 17.9. The van der Waals surface area contributed by atoms with E-state index >= 15 is 0 Å². The van der Waals surface area contributed by atoms with Crippen molar-refractivity contribution >= 4 is 37.5 Å². The Kier molecular flexibility index (Phi) is 6.66. The van der Waals surface area contributed by atoms with E-state index in [0.29, 0.717) is 17.6 Å². The first kappa shape index (κ1) is 21.4. The quantitative estimate of drug-likeness (QED) is 0.501. The van der Waals surface area contributed by atoms with Crippen molar-refractivity contribution in [2.24, 2.45) is 0 Å². The van der Waals surface area contributed by atoms with E-state index in [2.05, 4.69) is 21.2 Å².